The highest BCUT2D eigenvalue weighted by Crippen LogP contribution is 2.35. The van der Waals surface area contributed by atoms with Crippen molar-refractivity contribution in [1.82, 2.24) is 25.1 Å². The number of nitrogen functional groups attached to an aromatic ring is 1. The van der Waals surface area contributed by atoms with Crippen LogP contribution < -0.4 is 11.1 Å². The Labute approximate surface area is 171 Å². The van der Waals surface area contributed by atoms with E-state index in [9.17, 15) is 0 Å². The van der Waals surface area contributed by atoms with Crippen molar-refractivity contribution < 1.29 is 0 Å². The zero-order valence-electron chi connectivity index (χ0n) is 15.7. The molecule has 8 heteroatoms. The average molecular weight is 401 g/mol. The van der Waals surface area contributed by atoms with Gasteiger partial charge in [-0.2, -0.15) is 10.4 Å². The minimum atomic E-state index is 0.435. The molecule has 1 fully saturated rings. The number of nitriles is 1. The topological polar surface area (TPSA) is 105 Å². The Bertz CT molecular complexity index is 1230. The SMILES string of the molecule is N#Cc1ccc2sc(-c3cc(-c4cnn(C5CCNCC5)c4)cnc3N)nc2c1. The smallest absolute Gasteiger partial charge is 0.133 e. The van der Waals surface area contributed by atoms with Gasteiger partial charge in [0, 0.05) is 23.5 Å². The summed E-state index contributed by atoms with van der Waals surface area (Å²) in [7, 11) is 0. The lowest BCUT2D eigenvalue weighted by Gasteiger charge is -2.22. The van der Waals surface area contributed by atoms with E-state index in [0.29, 0.717) is 17.4 Å². The van der Waals surface area contributed by atoms with Gasteiger partial charge in [-0.15, -0.1) is 11.3 Å². The van der Waals surface area contributed by atoms with Gasteiger partial charge in [-0.3, -0.25) is 4.68 Å². The molecule has 0 atom stereocenters. The maximum absolute atomic E-state index is 9.11. The first kappa shape index (κ1) is 17.8. The minimum absolute atomic E-state index is 0.435. The summed E-state index contributed by atoms with van der Waals surface area (Å²) in [4.78, 5) is 9.09. The lowest BCUT2D eigenvalue weighted by Crippen LogP contribution is -2.29. The van der Waals surface area contributed by atoms with Gasteiger partial charge in [0.15, 0.2) is 0 Å². The quantitative estimate of drug-likeness (QED) is 0.543. The molecule has 1 aliphatic heterocycles. The fraction of sp³-hybridized carbons (Fsp3) is 0.238. The number of rotatable bonds is 3. The van der Waals surface area contributed by atoms with E-state index in [2.05, 4.69) is 37.3 Å². The van der Waals surface area contributed by atoms with E-state index in [1.54, 1.807) is 29.7 Å². The van der Waals surface area contributed by atoms with E-state index in [4.69, 9.17) is 11.0 Å². The molecule has 0 spiro atoms. The zero-order chi connectivity index (χ0) is 19.8. The van der Waals surface area contributed by atoms with Gasteiger partial charge in [-0.05, 0) is 50.2 Å². The van der Waals surface area contributed by atoms with Crippen molar-refractivity contribution >= 4 is 27.4 Å². The lowest BCUT2D eigenvalue weighted by molar-refractivity contribution is 0.343. The fourth-order valence-electron chi connectivity index (χ4n) is 3.67. The Kier molecular flexibility index (Phi) is 4.46. The van der Waals surface area contributed by atoms with Crippen molar-refractivity contribution in [3.63, 3.8) is 0 Å². The van der Waals surface area contributed by atoms with Gasteiger partial charge in [-0.25, -0.2) is 9.97 Å². The van der Waals surface area contributed by atoms with Crippen LogP contribution in [0, 0.1) is 11.3 Å². The van der Waals surface area contributed by atoms with E-state index in [0.717, 1.165) is 57.8 Å². The molecule has 0 radical (unpaired) electrons. The highest BCUT2D eigenvalue weighted by Gasteiger charge is 2.17. The molecular formula is C21H19N7S. The number of thiazole rings is 1. The molecule has 3 aromatic heterocycles. The van der Waals surface area contributed by atoms with Crippen molar-refractivity contribution in [2.45, 2.75) is 18.9 Å². The minimum Gasteiger partial charge on any atom is -0.383 e. The first-order chi connectivity index (χ1) is 14.2. The number of fused-ring (bicyclic) bond motifs is 1. The summed E-state index contributed by atoms with van der Waals surface area (Å²) in [6.07, 6.45) is 7.93. The second-order valence-electron chi connectivity index (χ2n) is 7.16. The number of piperidine rings is 1. The molecule has 4 aromatic rings. The van der Waals surface area contributed by atoms with E-state index in [1.165, 1.54) is 0 Å². The third-order valence-corrected chi connectivity index (χ3v) is 6.35. The summed E-state index contributed by atoms with van der Waals surface area (Å²) in [5.74, 6) is 0.444. The molecule has 4 heterocycles. The normalized spacial score (nSPS) is 14.9. The number of pyridine rings is 1. The lowest BCUT2D eigenvalue weighted by atomic mass is 10.1. The van der Waals surface area contributed by atoms with Gasteiger partial charge in [0.2, 0.25) is 0 Å². The number of nitrogens with zero attached hydrogens (tertiary/aromatic N) is 5. The van der Waals surface area contributed by atoms with Gasteiger partial charge in [0.25, 0.3) is 0 Å². The van der Waals surface area contributed by atoms with Crippen LogP contribution in [0.3, 0.4) is 0 Å². The molecule has 0 amide bonds. The number of benzene rings is 1. The molecule has 1 saturated heterocycles. The largest absolute Gasteiger partial charge is 0.383 e. The van der Waals surface area contributed by atoms with Crippen LogP contribution in [-0.4, -0.2) is 32.8 Å². The molecule has 1 aliphatic rings. The number of aromatic nitrogens is 4. The van der Waals surface area contributed by atoms with Crippen LogP contribution in [0.1, 0.15) is 24.4 Å². The van der Waals surface area contributed by atoms with Gasteiger partial charge in [0.1, 0.15) is 10.8 Å². The van der Waals surface area contributed by atoms with Crippen molar-refractivity contribution in [1.29, 1.82) is 5.26 Å². The van der Waals surface area contributed by atoms with Crippen molar-refractivity contribution in [3.8, 4) is 27.8 Å². The van der Waals surface area contributed by atoms with Gasteiger partial charge < -0.3 is 11.1 Å². The van der Waals surface area contributed by atoms with E-state index in [-0.39, 0.29) is 0 Å². The van der Waals surface area contributed by atoms with Crippen LogP contribution in [0.15, 0.2) is 42.9 Å². The van der Waals surface area contributed by atoms with Crippen LogP contribution >= 0.6 is 11.3 Å². The first-order valence-electron chi connectivity index (χ1n) is 9.53. The molecule has 1 aromatic carbocycles. The zero-order valence-corrected chi connectivity index (χ0v) is 16.5. The summed E-state index contributed by atoms with van der Waals surface area (Å²) < 4.78 is 3.08. The molecular weight excluding hydrogens is 382 g/mol. The molecule has 144 valence electrons. The summed E-state index contributed by atoms with van der Waals surface area (Å²) in [5, 5.41) is 17.9. The van der Waals surface area contributed by atoms with Crippen LogP contribution in [-0.2, 0) is 0 Å². The Morgan fingerprint density at radius 3 is 2.86 bits per heavy atom. The van der Waals surface area contributed by atoms with E-state index < -0.39 is 0 Å². The second-order valence-corrected chi connectivity index (χ2v) is 8.19. The predicted octanol–water partition coefficient (Wildman–Crippen LogP) is 3.60. The van der Waals surface area contributed by atoms with Gasteiger partial charge in [-0.1, -0.05) is 0 Å². The second kappa shape index (κ2) is 7.28. The molecule has 7 nitrogen and oxygen atoms in total. The van der Waals surface area contributed by atoms with Crippen LogP contribution in [0.5, 0.6) is 0 Å². The van der Waals surface area contributed by atoms with Crippen LogP contribution in [0.2, 0.25) is 0 Å². The van der Waals surface area contributed by atoms with Gasteiger partial charge in [0.05, 0.1) is 39.7 Å². The maximum Gasteiger partial charge on any atom is 0.133 e. The molecule has 0 unspecified atom stereocenters. The summed E-state index contributed by atoms with van der Waals surface area (Å²) in [6.45, 7) is 2.05. The Balaban J connectivity index is 1.51. The molecule has 0 aliphatic carbocycles. The van der Waals surface area contributed by atoms with E-state index in [1.807, 2.05) is 18.3 Å². The molecule has 29 heavy (non-hydrogen) atoms. The first-order valence-corrected chi connectivity index (χ1v) is 10.3. The molecule has 0 bridgehead atoms. The average Bonchev–Trinajstić information content (AvgIpc) is 3.41. The number of hydrogen-bond donors (Lipinski definition) is 2. The van der Waals surface area contributed by atoms with E-state index >= 15 is 0 Å². The Morgan fingerprint density at radius 1 is 1.17 bits per heavy atom. The predicted molar refractivity (Wildman–Crippen MR) is 114 cm³/mol. The summed E-state index contributed by atoms with van der Waals surface area (Å²) in [6, 6.07) is 10.1. The van der Waals surface area contributed by atoms with Crippen molar-refractivity contribution in [2.24, 2.45) is 0 Å². The third kappa shape index (κ3) is 3.35. The Morgan fingerprint density at radius 2 is 2.03 bits per heavy atom. The standard InChI is InChI=1S/C21H19N7S/c22-9-13-1-2-19-18(7-13)27-21(29-19)17-8-14(10-25-20(17)23)15-11-26-28(12-15)16-3-5-24-6-4-16/h1-2,7-8,10-12,16,24H,3-6H2,(H2,23,25). The fourth-order valence-corrected chi connectivity index (χ4v) is 4.65. The van der Waals surface area contributed by atoms with Crippen LogP contribution in [0.25, 0.3) is 31.9 Å². The maximum atomic E-state index is 9.11. The molecule has 0 saturated carbocycles. The number of nitrogens with one attached hydrogen (secondary N) is 1. The highest BCUT2D eigenvalue weighted by atomic mass is 32.1. The number of anilines is 1. The monoisotopic (exact) mass is 401 g/mol. The van der Waals surface area contributed by atoms with Crippen molar-refractivity contribution in [2.75, 3.05) is 18.8 Å². The summed E-state index contributed by atoms with van der Waals surface area (Å²) >= 11 is 1.55. The Hall–Kier alpha value is -3.28. The summed E-state index contributed by atoms with van der Waals surface area (Å²) in [5.41, 5.74) is 10.4. The highest BCUT2D eigenvalue weighted by molar-refractivity contribution is 7.21. The third-order valence-electron chi connectivity index (χ3n) is 5.28. The number of nitrogens with two attached hydrogens (primary N) is 1. The molecule has 5 rings (SSSR count). The molecule has 3 N–H and O–H groups in total. The number of hydrogen-bond acceptors (Lipinski definition) is 7. The van der Waals surface area contributed by atoms with Gasteiger partial charge >= 0.3 is 0 Å². The van der Waals surface area contributed by atoms with Crippen molar-refractivity contribution in [3.05, 3.63) is 48.4 Å². The van der Waals surface area contributed by atoms with Crippen LogP contribution in [0.4, 0.5) is 5.82 Å².